The molecule has 2 N–H and O–H groups in total. The van der Waals surface area contributed by atoms with Gasteiger partial charge in [0.2, 0.25) is 0 Å². The highest BCUT2D eigenvalue weighted by Gasteiger charge is 2.07. The molecule has 0 amide bonds. The van der Waals surface area contributed by atoms with E-state index >= 15 is 0 Å². The first-order valence-corrected chi connectivity index (χ1v) is 3.48. The van der Waals surface area contributed by atoms with E-state index in [-0.39, 0.29) is 18.4 Å². The minimum atomic E-state index is 0. The summed E-state index contributed by atoms with van der Waals surface area (Å²) in [6, 6.07) is 0.0147. The van der Waals surface area contributed by atoms with Gasteiger partial charge < -0.3 is 5.73 Å². The van der Waals surface area contributed by atoms with Gasteiger partial charge in [-0.25, -0.2) is 0 Å². The fourth-order valence-corrected chi connectivity index (χ4v) is 0.613. The smallest absolute Gasteiger partial charge is 0.0412 e. The Bertz CT molecular complexity index is 133. The largest absolute Gasteiger partial charge is 0.327 e. The van der Waals surface area contributed by atoms with E-state index in [9.17, 15) is 0 Å². The Morgan fingerprint density at radius 2 is 2.18 bits per heavy atom. The Hall–Kier alpha value is -0.440. The van der Waals surface area contributed by atoms with Crippen LogP contribution in [0.15, 0.2) is 5.11 Å². The lowest BCUT2D eigenvalue weighted by molar-refractivity contribution is 0.449. The summed E-state index contributed by atoms with van der Waals surface area (Å²) >= 11 is 0. The van der Waals surface area contributed by atoms with Gasteiger partial charge in [-0.05, 0) is 11.4 Å². The van der Waals surface area contributed by atoms with Crippen molar-refractivity contribution >= 4 is 12.4 Å². The summed E-state index contributed by atoms with van der Waals surface area (Å²) in [5.74, 6) is 0.436. The van der Waals surface area contributed by atoms with E-state index in [1.54, 1.807) is 0 Å². The highest BCUT2D eigenvalue weighted by Crippen LogP contribution is 2.04. The lowest BCUT2D eigenvalue weighted by Gasteiger charge is -2.14. The predicted molar refractivity (Wildman–Crippen MR) is 48.7 cm³/mol. The van der Waals surface area contributed by atoms with E-state index in [1.807, 2.05) is 0 Å². The van der Waals surface area contributed by atoms with Crippen molar-refractivity contribution in [2.45, 2.75) is 26.3 Å². The van der Waals surface area contributed by atoms with Crippen molar-refractivity contribution in [1.82, 2.24) is 0 Å². The second kappa shape index (κ2) is 7.66. The molecule has 0 heterocycles. The van der Waals surface area contributed by atoms with Crippen LogP contribution in [0, 0.1) is 5.92 Å². The number of halogens is 1. The summed E-state index contributed by atoms with van der Waals surface area (Å²) in [6.45, 7) is 4.53. The molecule has 2 atom stereocenters. The maximum Gasteiger partial charge on any atom is 0.0412 e. The highest BCUT2D eigenvalue weighted by atomic mass is 35.5. The third-order valence-corrected chi connectivity index (χ3v) is 1.73. The van der Waals surface area contributed by atoms with Crippen molar-refractivity contribution in [2.24, 2.45) is 16.8 Å². The molecule has 0 aromatic carbocycles. The molecule has 0 aliphatic heterocycles. The lowest BCUT2D eigenvalue weighted by Crippen LogP contribution is -2.30. The van der Waals surface area contributed by atoms with E-state index < -0.39 is 0 Å². The molecule has 0 bridgehead atoms. The molecule has 0 aliphatic rings. The molecular formula is C6H15ClN4. The zero-order chi connectivity index (χ0) is 7.98. The van der Waals surface area contributed by atoms with Crippen LogP contribution >= 0.6 is 12.4 Å². The van der Waals surface area contributed by atoms with E-state index in [1.165, 1.54) is 0 Å². The molecule has 5 heteroatoms. The molecule has 0 spiro atoms. The molecule has 4 nitrogen and oxygen atoms in total. The molecule has 0 aromatic heterocycles. The predicted octanol–water partition coefficient (Wildman–Crippen LogP) is 2.09. The van der Waals surface area contributed by atoms with Crippen molar-refractivity contribution in [3.8, 4) is 0 Å². The van der Waals surface area contributed by atoms with Crippen LogP contribution < -0.4 is 5.73 Å². The second-order valence-corrected chi connectivity index (χ2v) is 2.46. The number of rotatable bonds is 4. The second-order valence-electron chi connectivity index (χ2n) is 2.46. The van der Waals surface area contributed by atoms with Crippen molar-refractivity contribution in [3.63, 3.8) is 0 Å². The fourth-order valence-electron chi connectivity index (χ4n) is 0.613. The summed E-state index contributed by atoms with van der Waals surface area (Å²) in [4.78, 5) is 2.64. The van der Waals surface area contributed by atoms with Gasteiger partial charge >= 0.3 is 0 Å². The zero-order valence-corrected chi connectivity index (χ0v) is 7.71. The van der Waals surface area contributed by atoms with E-state index in [0.29, 0.717) is 12.5 Å². The minimum Gasteiger partial charge on any atom is -0.327 e. The Balaban J connectivity index is 0. The third kappa shape index (κ3) is 5.98. The third-order valence-electron chi connectivity index (χ3n) is 1.73. The van der Waals surface area contributed by atoms with Crippen molar-refractivity contribution in [2.75, 3.05) is 6.54 Å². The van der Waals surface area contributed by atoms with E-state index in [4.69, 9.17) is 11.3 Å². The van der Waals surface area contributed by atoms with Crippen LogP contribution in [0.4, 0.5) is 0 Å². The number of nitrogens with two attached hydrogens (primary N) is 1. The zero-order valence-electron chi connectivity index (χ0n) is 6.90. The van der Waals surface area contributed by atoms with Gasteiger partial charge in [-0.2, -0.15) is 0 Å². The van der Waals surface area contributed by atoms with Crippen LogP contribution in [0.25, 0.3) is 10.4 Å². The molecule has 11 heavy (non-hydrogen) atoms. The molecular weight excluding hydrogens is 164 g/mol. The van der Waals surface area contributed by atoms with Gasteiger partial charge in [0.1, 0.15) is 0 Å². The molecule has 0 rings (SSSR count). The molecule has 0 saturated carbocycles. The summed E-state index contributed by atoms with van der Waals surface area (Å²) < 4.78 is 0. The van der Waals surface area contributed by atoms with Crippen molar-refractivity contribution in [3.05, 3.63) is 10.4 Å². The van der Waals surface area contributed by atoms with Gasteiger partial charge in [0, 0.05) is 17.5 Å². The fraction of sp³-hybridized carbons (Fsp3) is 1.00. The average Bonchev–Trinajstić information content (AvgIpc) is 1.98. The monoisotopic (exact) mass is 178 g/mol. The molecule has 0 aliphatic carbocycles. The summed E-state index contributed by atoms with van der Waals surface area (Å²) in [5.41, 5.74) is 13.6. The first-order valence-electron chi connectivity index (χ1n) is 3.48. The maximum atomic E-state index is 7.97. The summed E-state index contributed by atoms with van der Waals surface area (Å²) in [5, 5.41) is 3.40. The number of nitrogens with zero attached hydrogens (tertiary/aromatic N) is 3. The number of azide groups is 1. The minimum absolute atomic E-state index is 0. The normalized spacial score (nSPS) is 14.1. The summed E-state index contributed by atoms with van der Waals surface area (Å²) in [7, 11) is 0. The molecule has 66 valence electrons. The Labute approximate surface area is 73.2 Å². The van der Waals surface area contributed by atoms with Crippen LogP contribution in [0.5, 0.6) is 0 Å². The van der Waals surface area contributed by atoms with Crippen molar-refractivity contribution < 1.29 is 0 Å². The lowest BCUT2D eigenvalue weighted by atomic mass is 10.0. The van der Waals surface area contributed by atoms with Crippen LogP contribution in [0.1, 0.15) is 20.3 Å². The van der Waals surface area contributed by atoms with Gasteiger partial charge in [-0.15, -0.1) is 12.4 Å². The highest BCUT2D eigenvalue weighted by molar-refractivity contribution is 5.85. The Morgan fingerprint density at radius 1 is 1.64 bits per heavy atom. The topological polar surface area (TPSA) is 74.8 Å². The van der Waals surface area contributed by atoms with Crippen molar-refractivity contribution in [1.29, 1.82) is 0 Å². The SMILES string of the molecule is CC[C@H](C)[C@H](N)CN=[N+]=[N-].Cl. The van der Waals surface area contributed by atoms with Gasteiger partial charge in [-0.3, -0.25) is 0 Å². The van der Waals surface area contributed by atoms with Gasteiger partial charge in [0.15, 0.2) is 0 Å². The molecule has 0 unspecified atom stereocenters. The summed E-state index contributed by atoms with van der Waals surface area (Å²) in [6.07, 6.45) is 1.03. The molecule has 0 aromatic rings. The molecule has 0 radical (unpaired) electrons. The van der Waals surface area contributed by atoms with Crippen LogP contribution in [-0.2, 0) is 0 Å². The Kier molecular flexibility index (Phi) is 9.18. The van der Waals surface area contributed by atoms with E-state index in [0.717, 1.165) is 6.42 Å². The van der Waals surface area contributed by atoms with Crippen LogP contribution in [0.2, 0.25) is 0 Å². The van der Waals surface area contributed by atoms with Gasteiger partial charge in [-0.1, -0.05) is 25.4 Å². The van der Waals surface area contributed by atoms with Gasteiger partial charge in [0.05, 0.1) is 0 Å². The maximum absolute atomic E-state index is 7.97. The van der Waals surface area contributed by atoms with E-state index in [2.05, 4.69) is 23.9 Å². The van der Waals surface area contributed by atoms with Crippen LogP contribution in [-0.4, -0.2) is 12.6 Å². The number of hydrogen-bond donors (Lipinski definition) is 1. The quantitative estimate of drug-likeness (QED) is 0.400. The number of hydrogen-bond acceptors (Lipinski definition) is 2. The van der Waals surface area contributed by atoms with Crippen LogP contribution in [0.3, 0.4) is 0 Å². The molecule has 0 fully saturated rings. The molecule has 0 saturated heterocycles. The van der Waals surface area contributed by atoms with Gasteiger partial charge in [0.25, 0.3) is 0 Å². The standard InChI is InChI=1S/C6H14N4.ClH/c1-3-5(2)6(7)4-9-10-8;/h5-6H,3-4,7H2,1-2H3;1H/t5-,6+;/m0./s1. The first-order chi connectivity index (χ1) is 4.72. The average molecular weight is 179 g/mol. The first kappa shape index (κ1) is 13.2. The Morgan fingerprint density at radius 3 is 2.55 bits per heavy atom.